The monoisotopic (exact) mass is 335 g/mol. The smallest absolute Gasteiger partial charge is 0.320 e. The van der Waals surface area contributed by atoms with Crippen LogP contribution in [0.25, 0.3) is 0 Å². The lowest BCUT2D eigenvalue weighted by Crippen LogP contribution is -2.33. The molecule has 0 radical (unpaired) electrons. The lowest BCUT2D eigenvalue weighted by Gasteiger charge is -2.10. The number of ether oxygens (including phenoxy) is 1. The second kappa shape index (κ2) is 6.31. The SMILES string of the molecule is COC(=O)C(Br)CNS(=O)(=O)c1cccc(C)c1. The number of methoxy groups -OCH3 is 1. The number of benzene rings is 1. The first-order valence-corrected chi connectivity index (χ1v) is 7.55. The highest BCUT2D eigenvalue weighted by Gasteiger charge is 2.20. The molecule has 100 valence electrons. The Morgan fingerprint density at radius 1 is 1.50 bits per heavy atom. The van der Waals surface area contributed by atoms with Gasteiger partial charge in [-0.15, -0.1) is 0 Å². The topological polar surface area (TPSA) is 72.5 Å². The zero-order valence-corrected chi connectivity index (χ0v) is 12.4. The predicted molar refractivity (Wildman–Crippen MR) is 71.1 cm³/mol. The number of esters is 1. The molecule has 1 unspecified atom stereocenters. The van der Waals surface area contributed by atoms with Crippen LogP contribution in [-0.4, -0.2) is 32.9 Å². The van der Waals surface area contributed by atoms with Gasteiger partial charge in [-0.25, -0.2) is 13.1 Å². The number of carbonyl (C=O) groups is 1. The van der Waals surface area contributed by atoms with Gasteiger partial charge in [-0.2, -0.15) is 0 Å². The molecule has 0 spiro atoms. The van der Waals surface area contributed by atoms with Crippen molar-refractivity contribution in [3.8, 4) is 0 Å². The number of aryl methyl sites for hydroxylation is 1. The van der Waals surface area contributed by atoms with Crippen LogP contribution in [0, 0.1) is 6.92 Å². The summed E-state index contributed by atoms with van der Waals surface area (Å²) >= 11 is 3.04. The molecule has 1 rings (SSSR count). The fourth-order valence-electron chi connectivity index (χ4n) is 1.26. The highest BCUT2D eigenvalue weighted by molar-refractivity contribution is 9.10. The molecule has 0 aliphatic carbocycles. The molecule has 1 aromatic rings. The number of nitrogens with one attached hydrogen (secondary N) is 1. The van der Waals surface area contributed by atoms with Crippen LogP contribution >= 0.6 is 15.9 Å². The largest absolute Gasteiger partial charge is 0.468 e. The molecule has 0 aromatic heterocycles. The van der Waals surface area contributed by atoms with E-state index < -0.39 is 20.8 Å². The molecule has 0 heterocycles. The van der Waals surface area contributed by atoms with Crippen molar-refractivity contribution in [2.45, 2.75) is 16.6 Å². The van der Waals surface area contributed by atoms with Crippen molar-refractivity contribution >= 4 is 31.9 Å². The van der Waals surface area contributed by atoms with Crippen molar-refractivity contribution in [3.05, 3.63) is 29.8 Å². The Bertz CT molecular complexity index is 530. The third-order valence-electron chi connectivity index (χ3n) is 2.21. The van der Waals surface area contributed by atoms with Crippen molar-refractivity contribution in [2.24, 2.45) is 0 Å². The maximum atomic E-state index is 11.9. The fraction of sp³-hybridized carbons (Fsp3) is 0.364. The van der Waals surface area contributed by atoms with Crippen molar-refractivity contribution in [1.29, 1.82) is 0 Å². The van der Waals surface area contributed by atoms with Gasteiger partial charge in [0, 0.05) is 6.54 Å². The number of rotatable bonds is 5. The molecule has 0 fully saturated rings. The van der Waals surface area contributed by atoms with Gasteiger partial charge in [-0.1, -0.05) is 28.1 Å². The van der Waals surface area contributed by atoms with E-state index >= 15 is 0 Å². The predicted octanol–water partition coefficient (Wildman–Crippen LogP) is 1.21. The highest BCUT2D eigenvalue weighted by Crippen LogP contribution is 2.11. The van der Waals surface area contributed by atoms with Gasteiger partial charge in [0.15, 0.2) is 0 Å². The lowest BCUT2D eigenvalue weighted by atomic mass is 10.2. The van der Waals surface area contributed by atoms with E-state index in [0.29, 0.717) is 0 Å². The Morgan fingerprint density at radius 2 is 2.17 bits per heavy atom. The Morgan fingerprint density at radius 3 is 2.72 bits per heavy atom. The van der Waals surface area contributed by atoms with Crippen molar-refractivity contribution in [2.75, 3.05) is 13.7 Å². The van der Waals surface area contributed by atoms with E-state index in [2.05, 4.69) is 25.4 Å². The normalized spacial score (nSPS) is 13.1. The van der Waals surface area contributed by atoms with Gasteiger partial charge >= 0.3 is 5.97 Å². The third kappa shape index (κ3) is 4.08. The molecule has 1 N–H and O–H groups in total. The van der Waals surface area contributed by atoms with Crippen LogP contribution in [0.3, 0.4) is 0 Å². The zero-order valence-electron chi connectivity index (χ0n) is 10.0. The van der Waals surface area contributed by atoms with E-state index in [-0.39, 0.29) is 11.4 Å². The quantitative estimate of drug-likeness (QED) is 0.648. The van der Waals surface area contributed by atoms with Gasteiger partial charge in [0.25, 0.3) is 0 Å². The van der Waals surface area contributed by atoms with Crippen LogP contribution in [0.5, 0.6) is 0 Å². The number of sulfonamides is 1. The second-order valence-electron chi connectivity index (χ2n) is 3.66. The van der Waals surface area contributed by atoms with E-state index in [0.717, 1.165) is 5.56 Å². The summed E-state index contributed by atoms with van der Waals surface area (Å²) in [4.78, 5) is 10.6. The van der Waals surface area contributed by atoms with E-state index in [1.54, 1.807) is 25.1 Å². The van der Waals surface area contributed by atoms with E-state index in [9.17, 15) is 13.2 Å². The molecule has 1 aromatic carbocycles. The van der Waals surface area contributed by atoms with Gasteiger partial charge in [-0.3, -0.25) is 4.79 Å². The average molecular weight is 336 g/mol. The summed E-state index contributed by atoms with van der Waals surface area (Å²) in [5.74, 6) is -0.526. The number of hydrogen-bond acceptors (Lipinski definition) is 4. The Hall–Kier alpha value is -0.920. The Balaban J connectivity index is 2.75. The van der Waals surface area contributed by atoms with Gasteiger partial charge < -0.3 is 4.74 Å². The molecular formula is C11H14BrNO4S. The van der Waals surface area contributed by atoms with Crippen LogP contribution < -0.4 is 4.72 Å². The minimum absolute atomic E-state index is 0.0665. The molecule has 7 heteroatoms. The van der Waals surface area contributed by atoms with Crippen LogP contribution in [0.1, 0.15) is 5.56 Å². The molecule has 0 amide bonds. The number of carbonyl (C=O) groups excluding carboxylic acids is 1. The maximum Gasteiger partial charge on any atom is 0.320 e. The third-order valence-corrected chi connectivity index (χ3v) is 4.33. The van der Waals surface area contributed by atoms with Gasteiger partial charge in [0.2, 0.25) is 10.0 Å². The summed E-state index contributed by atoms with van der Waals surface area (Å²) in [5.41, 5.74) is 0.848. The van der Waals surface area contributed by atoms with Gasteiger partial charge in [-0.05, 0) is 24.6 Å². The van der Waals surface area contributed by atoms with Gasteiger partial charge in [0.1, 0.15) is 4.83 Å². The summed E-state index contributed by atoms with van der Waals surface area (Å²) in [5, 5.41) is 0. The molecule has 0 aliphatic rings. The summed E-state index contributed by atoms with van der Waals surface area (Å²) in [6.45, 7) is 1.74. The van der Waals surface area contributed by atoms with Crippen LogP contribution in [-0.2, 0) is 19.6 Å². The van der Waals surface area contributed by atoms with Gasteiger partial charge in [0.05, 0.1) is 12.0 Å². The molecule has 18 heavy (non-hydrogen) atoms. The summed E-state index contributed by atoms with van der Waals surface area (Å²) in [6.07, 6.45) is 0. The van der Waals surface area contributed by atoms with E-state index in [1.807, 2.05) is 0 Å². The average Bonchev–Trinajstić information content (AvgIpc) is 2.35. The highest BCUT2D eigenvalue weighted by atomic mass is 79.9. The van der Waals surface area contributed by atoms with Crippen LogP contribution in [0.4, 0.5) is 0 Å². The first-order chi connectivity index (χ1) is 8.36. The molecule has 0 saturated heterocycles. The lowest BCUT2D eigenvalue weighted by molar-refractivity contribution is -0.139. The molecule has 0 aliphatic heterocycles. The molecule has 0 saturated carbocycles. The first-order valence-electron chi connectivity index (χ1n) is 5.15. The summed E-state index contributed by atoms with van der Waals surface area (Å²) < 4.78 is 30.7. The zero-order chi connectivity index (χ0) is 13.8. The number of halogens is 1. The van der Waals surface area contributed by atoms with Crippen molar-refractivity contribution in [3.63, 3.8) is 0 Å². The minimum Gasteiger partial charge on any atom is -0.468 e. The second-order valence-corrected chi connectivity index (χ2v) is 6.53. The number of alkyl halides is 1. The standard InChI is InChI=1S/C11H14BrNO4S/c1-8-4-3-5-9(6-8)18(15,16)13-7-10(12)11(14)17-2/h3-6,10,13H,7H2,1-2H3. The fourth-order valence-corrected chi connectivity index (χ4v) is 2.97. The molecule has 1 atom stereocenters. The summed E-state index contributed by atoms with van der Waals surface area (Å²) in [7, 11) is -2.37. The maximum absolute atomic E-state index is 11.9. The van der Waals surface area contributed by atoms with E-state index in [4.69, 9.17) is 0 Å². The van der Waals surface area contributed by atoms with Crippen LogP contribution in [0.15, 0.2) is 29.2 Å². The number of hydrogen-bond donors (Lipinski definition) is 1. The minimum atomic E-state index is -3.61. The van der Waals surface area contributed by atoms with E-state index in [1.165, 1.54) is 13.2 Å². The molecule has 0 bridgehead atoms. The molecular weight excluding hydrogens is 322 g/mol. The molecule has 5 nitrogen and oxygen atoms in total. The van der Waals surface area contributed by atoms with Crippen molar-refractivity contribution in [1.82, 2.24) is 4.72 Å². The Kier molecular flexibility index (Phi) is 5.30. The van der Waals surface area contributed by atoms with Crippen molar-refractivity contribution < 1.29 is 17.9 Å². The Labute approximate surface area is 115 Å². The first kappa shape index (κ1) is 15.1. The summed E-state index contributed by atoms with van der Waals surface area (Å²) in [6, 6.07) is 6.52. The van der Waals surface area contributed by atoms with Crippen LogP contribution in [0.2, 0.25) is 0 Å².